The van der Waals surface area contributed by atoms with Crippen molar-refractivity contribution >= 4 is 0 Å². The SMILES string of the molecule is CCC1CC(C2CC(CC)C(N)C(CC)C2)CC(CC)C1N. The highest BCUT2D eigenvalue weighted by Gasteiger charge is 2.41. The normalized spacial score (nSPS) is 46.6. The number of nitrogens with two attached hydrogens (primary N) is 2. The molecule has 2 rings (SSSR count). The Morgan fingerprint density at radius 1 is 0.545 bits per heavy atom. The van der Waals surface area contributed by atoms with Gasteiger partial charge in [0.2, 0.25) is 0 Å². The third-order valence-corrected chi connectivity index (χ3v) is 7.36. The maximum absolute atomic E-state index is 6.55. The zero-order valence-electron chi connectivity index (χ0n) is 15.4. The van der Waals surface area contributed by atoms with Crippen LogP contribution in [0.25, 0.3) is 0 Å². The van der Waals surface area contributed by atoms with Crippen LogP contribution in [0.3, 0.4) is 0 Å². The molecule has 0 bridgehead atoms. The molecule has 4 N–H and O–H groups in total. The van der Waals surface area contributed by atoms with Gasteiger partial charge in [0, 0.05) is 12.1 Å². The molecule has 0 aromatic rings. The Morgan fingerprint density at radius 2 is 0.773 bits per heavy atom. The van der Waals surface area contributed by atoms with Crippen molar-refractivity contribution in [2.45, 2.75) is 91.1 Å². The molecule has 0 radical (unpaired) electrons. The first kappa shape index (κ1) is 18.3. The minimum atomic E-state index is 0.445. The molecular formula is C20H40N2. The van der Waals surface area contributed by atoms with Crippen LogP contribution in [0.2, 0.25) is 0 Å². The lowest BCUT2D eigenvalue weighted by atomic mass is 9.60. The standard InChI is InChI=1S/C20H40N2/c1-5-13-9-17(10-14(6-2)19(13)21)18-11-15(7-3)20(22)16(8-4)12-18/h13-20H,5-12,21-22H2,1-4H3. The first-order valence-corrected chi connectivity index (χ1v) is 10.1. The third kappa shape index (κ3) is 3.70. The molecule has 130 valence electrons. The van der Waals surface area contributed by atoms with Crippen LogP contribution in [0.1, 0.15) is 79.1 Å². The molecule has 2 aliphatic carbocycles. The lowest BCUT2D eigenvalue weighted by molar-refractivity contribution is 0.0524. The van der Waals surface area contributed by atoms with Crippen molar-refractivity contribution < 1.29 is 0 Å². The van der Waals surface area contributed by atoms with E-state index < -0.39 is 0 Å². The summed E-state index contributed by atoms with van der Waals surface area (Å²) >= 11 is 0. The summed E-state index contributed by atoms with van der Waals surface area (Å²) in [7, 11) is 0. The highest BCUT2D eigenvalue weighted by atomic mass is 14.7. The predicted molar refractivity (Wildman–Crippen MR) is 96.5 cm³/mol. The highest BCUT2D eigenvalue weighted by molar-refractivity contribution is 4.95. The molecular weight excluding hydrogens is 268 g/mol. The molecule has 4 unspecified atom stereocenters. The lowest BCUT2D eigenvalue weighted by Crippen LogP contribution is -2.48. The average Bonchev–Trinajstić information content (AvgIpc) is 2.55. The molecule has 2 fully saturated rings. The van der Waals surface area contributed by atoms with E-state index in [1.807, 2.05) is 0 Å². The summed E-state index contributed by atoms with van der Waals surface area (Å²) in [5.41, 5.74) is 13.1. The Hall–Kier alpha value is -0.0800. The van der Waals surface area contributed by atoms with Gasteiger partial charge in [0.05, 0.1) is 0 Å². The average molecular weight is 309 g/mol. The Bertz CT molecular complexity index is 270. The molecule has 2 aliphatic rings. The van der Waals surface area contributed by atoms with E-state index in [9.17, 15) is 0 Å². The van der Waals surface area contributed by atoms with Gasteiger partial charge < -0.3 is 11.5 Å². The zero-order chi connectivity index (χ0) is 16.3. The smallest absolute Gasteiger partial charge is 0.00956 e. The summed E-state index contributed by atoms with van der Waals surface area (Å²) in [5, 5.41) is 0. The van der Waals surface area contributed by atoms with E-state index in [-0.39, 0.29) is 0 Å². The predicted octanol–water partition coefficient (Wildman–Crippen LogP) is 4.57. The lowest BCUT2D eigenvalue weighted by Gasteiger charge is -2.47. The van der Waals surface area contributed by atoms with Crippen molar-refractivity contribution in [3.63, 3.8) is 0 Å². The molecule has 4 atom stereocenters. The Morgan fingerprint density at radius 3 is 0.955 bits per heavy atom. The maximum Gasteiger partial charge on any atom is 0.00956 e. The van der Waals surface area contributed by atoms with Crippen molar-refractivity contribution in [3.8, 4) is 0 Å². The van der Waals surface area contributed by atoms with Gasteiger partial charge >= 0.3 is 0 Å². The van der Waals surface area contributed by atoms with Gasteiger partial charge in [-0.15, -0.1) is 0 Å². The third-order valence-electron chi connectivity index (χ3n) is 7.36. The number of hydrogen-bond donors (Lipinski definition) is 2. The fourth-order valence-corrected chi connectivity index (χ4v) is 5.67. The second kappa shape index (κ2) is 8.15. The molecule has 2 nitrogen and oxygen atoms in total. The van der Waals surface area contributed by atoms with Crippen LogP contribution in [0.5, 0.6) is 0 Å². The van der Waals surface area contributed by atoms with E-state index in [0.717, 1.165) is 35.5 Å². The van der Waals surface area contributed by atoms with Crippen molar-refractivity contribution in [1.82, 2.24) is 0 Å². The summed E-state index contributed by atoms with van der Waals surface area (Å²) in [5.74, 6) is 4.81. The minimum absolute atomic E-state index is 0.445. The maximum atomic E-state index is 6.55. The highest BCUT2D eigenvalue weighted by Crippen LogP contribution is 2.47. The Balaban J connectivity index is 2.09. The van der Waals surface area contributed by atoms with Crippen LogP contribution in [-0.4, -0.2) is 12.1 Å². The topological polar surface area (TPSA) is 52.0 Å². The van der Waals surface area contributed by atoms with Crippen LogP contribution in [-0.2, 0) is 0 Å². The molecule has 0 heterocycles. The van der Waals surface area contributed by atoms with Crippen molar-refractivity contribution in [2.75, 3.05) is 0 Å². The zero-order valence-corrected chi connectivity index (χ0v) is 15.4. The molecule has 0 aromatic carbocycles. The molecule has 0 amide bonds. The van der Waals surface area contributed by atoms with Crippen molar-refractivity contribution in [1.29, 1.82) is 0 Å². The van der Waals surface area contributed by atoms with Gasteiger partial charge in [0.1, 0.15) is 0 Å². The monoisotopic (exact) mass is 308 g/mol. The van der Waals surface area contributed by atoms with E-state index in [1.54, 1.807) is 0 Å². The molecule has 0 saturated heterocycles. The molecule has 0 spiro atoms. The second-order valence-electron chi connectivity index (χ2n) is 8.29. The van der Waals surface area contributed by atoms with Gasteiger partial charge in [0.25, 0.3) is 0 Å². The van der Waals surface area contributed by atoms with Gasteiger partial charge in [-0.2, -0.15) is 0 Å². The Labute approximate surface area is 138 Å². The van der Waals surface area contributed by atoms with Crippen LogP contribution in [0.4, 0.5) is 0 Å². The summed E-state index contributed by atoms with van der Waals surface area (Å²) in [4.78, 5) is 0. The number of hydrogen-bond acceptors (Lipinski definition) is 2. The number of rotatable bonds is 5. The van der Waals surface area contributed by atoms with Crippen LogP contribution < -0.4 is 11.5 Å². The molecule has 22 heavy (non-hydrogen) atoms. The van der Waals surface area contributed by atoms with E-state index >= 15 is 0 Å². The van der Waals surface area contributed by atoms with Gasteiger partial charge in [-0.1, -0.05) is 53.4 Å². The largest absolute Gasteiger partial charge is 0.327 e. The van der Waals surface area contributed by atoms with Crippen LogP contribution in [0, 0.1) is 35.5 Å². The van der Waals surface area contributed by atoms with Gasteiger partial charge in [-0.25, -0.2) is 0 Å². The van der Waals surface area contributed by atoms with Crippen LogP contribution in [0.15, 0.2) is 0 Å². The fraction of sp³-hybridized carbons (Fsp3) is 1.00. The van der Waals surface area contributed by atoms with Crippen LogP contribution >= 0.6 is 0 Å². The Kier molecular flexibility index (Phi) is 6.76. The molecule has 2 saturated carbocycles. The van der Waals surface area contributed by atoms with E-state index in [4.69, 9.17) is 11.5 Å². The summed E-state index contributed by atoms with van der Waals surface area (Å²) in [6, 6.07) is 0.891. The first-order valence-electron chi connectivity index (χ1n) is 10.1. The summed E-state index contributed by atoms with van der Waals surface area (Å²) in [6.07, 6.45) is 10.5. The van der Waals surface area contributed by atoms with Gasteiger partial charge in [-0.3, -0.25) is 0 Å². The summed E-state index contributed by atoms with van der Waals surface area (Å²) in [6.45, 7) is 9.33. The quantitative estimate of drug-likeness (QED) is 0.782. The van der Waals surface area contributed by atoms with Crippen molar-refractivity contribution in [3.05, 3.63) is 0 Å². The van der Waals surface area contributed by atoms with E-state index in [1.165, 1.54) is 51.4 Å². The molecule has 0 aliphatic heterocycles. The summed E-state index contributed by atoms with van der Waals surface area (Å²) < 4.78 is 0. The molecule has 2 heteroatoms. The minimum Gasteiger partial charge on any atom is -0.327 e. The second-order valence-corrected chi connectivity index (χ2v) is 8.29. The molecule has 0 aromatic heterocycles. The van der Waals surface area contributed by atoms with E-state index in [0.29, 0.717) is 12.1 Å². The fourth-order valence-electron chi connectivity index (χ4n) is 5.67. The van der Waals surface area contributed by atoms with E-state index in [2.05, 4.69) is 27.7 Å². The first-order chi connectivity index (χ1) is 10.5. The van der Waals surface area contributed by atoms with Crippen molar-refractivity contribution in [2.24, 2.45) is 47.0 Å². The van der Waals surface area contributed by atoms with Gasteiger partial charge in [-0.05, 0) is 61.2 Å². The van der Waals surface area contributed by atoms with Gasteiger partial charge in [0.15, 0.2) is 0 Å².